The molecule has 1 aromatic heterocycles. The number of anilines is 1. The normalized spacial score (nSPS) is 13.3. The minimum absolute atomic E-state index is 0.0418. The lowest BCUT2D eigenvalue weighted by molar-refractivity contribution is 0.0518. The van der Waals surface area contributed by atoms with Gasteiger partial charge < -0.3 is 25.6 Å². The summed E-state index contributed by atoms with van der Waals surface area (Å²) in [6, 6.07) is 13.1. The molecule has 1 amide bonds. The van der Waals surface area contributed by atoms with Gasteiger partial charge in [-0.25, -0.2) is 9.78 Å². The van der Waals surface area contributed by atoms with Crippen molar-refractivity contribution in [3.05, 3.63) is 83.2 Å². The number of carbonyl (C=O) groups is 2. The third kappa shape index (κ3) is 6.53. The summed E-state index contributed by atoms with van der Waals surface area (Å²) in [7, 11) is 1.50. The van der Waals surface area contributed by atoms with Gasteiger partial charge in [-0.1, -0.05) is 12.7 Å². The molecule has 10 heteroatoms. The smallest absolute Gasteiger partial charge is 0.357 e. The van der Waals surface area contributed by atoms with Gasteiger partial charge in [-0.05, 0) is 74.2 Å². The van der Waals surface area contributed by atoms with Crippen molar-refractivity contribution in [2.75, 3.05) is 25.6 Å². The molecular weight excluding hydrogens is 510 g/mol. The van der Waals surface area contributed by atoms with E-state index < -0.39 is 18.1 Å². The van der Waals surface area contributed by atoms with Crippen LogP contribution in [0, 0.1) is 11.3 Å². The second kappa shape index (κ2) is 12.5. The van der Waals surface area contributed by atoms with Gasteiger partial charge in [0.15, 0.2) is 5.69 Å². The Bertz CT molecular complexity index is 1430. The van der Waals surface area contributed by atoms with Crippen LogP contribution < -0.4 is 21.1 Å². The van der Waals surface area contributed by atoms with Gasteiger partial charge >= 0.3 is 5.97 Å². The largest absolute Gasteiger partial charge is 0.496 e. The molecule has 1 unspecified atom stereocenters. The van der Waals surface area contributed by atoms with Crippen molar-refractivity contribution in [2.24, 2.45) is 11.7 Å². The zero-order valence-electron chi connectivity index (χ0n) is 22.5. The van der Waals surface area contributed by atoms with Crippen LogP contribution in [-0.2, 0) is 4.74 Å². The number of amidine groups is 1. The lowest BCUT2D eigenvalue weighted by Gasteiger charge is -2.18. The number of ether oxygens (including phenoxy) is 2. The van der Waals surface area contributed by atoms with E-state index >= 15 is 0 Å². The van der Waals surface area contributed by atoms with Crippen LogP contribution in [0.1, 0.15) is 63.7 Å². The van der Waals surface area contributed by atoms with Crippen molar-refractivity contribution < 1.29 is 24.2 Å². The number of benzene rings is 2. The summed E-state index contributed by atoms with van der Waals surface area (Å²) in [4.78, 5) is 31.1. The van der Waals surface area contributed by atoms with Gasteiger partial charge in [0, 0.05) is 40.0 Å². The fourth-order valence-electron chi connectivity index (χ4n) is 4.18. The molecular formula is C30H33N5O5. The molecule has 10 nitrogen and oxygen atoms in total. The monoisotopic (exact) mass is 543 g/mol. The third-order valence-electron chi connectivity index (χ3n) is 6.54. The molecule has 0 aliphatic heterocycles. The van der Waals surface area contributed by atoms with Gasteiger partial charge in [0.05, 0.1) is 19.4 Å². The number of aromatic nitrogens is 1. The summed E-state index contributed by atoms with van der Waals surface area (Å²) in [5, 5.41) is 24.1. The molecule has 6 N–H and O–H groups in total. The first kappa shape index (κ1) is 28.5. The highest BCUT2D eigenvalue weighted by Gasteiger charge is 2.26. The molecule has 1 heterocycles. The van der Waals surface area contributed by atoms with E-state index in [0.29, 0.717) is 46.2 Å². The predicted octanol–water partition coefficient (Wildman–Crippen LogP) is 4.10. The van der Waals surface area contributed by atoms with Crippen LogP contribution in [0.3, 0.4) is 0 Å². The fourth-order valence-corrected chi connectivity index (χ4v) is 4.18. The highest BCUT2D eigenvalue weighted by atomic mass is 16.5. The zero-order valence-corrected chi connectivity index (χ0v) is 22.5. The number of pyridine rings is 1. The van der Waals surface area contributed by atoms with Crippen molar-refractivity contribution in [1.29, 1.82) is 5.41 Å². The average Bonchev–Trinajstić information content (AvgIpc) is 3.80. The van der Waals surface area contributed by atoms with E-state index in [1.165, 1.54) is 7.11 Å². The van der Waals surface area contributed by atoms with Gasteiger partial charge in [-0.2, -0.15) is 0 Å². The third-order valence-corrected chi connectivity index (χ3v) is 6.54. The number of nitrogens with zero attached hydrogens (tertiary/aromatic N) is 1. The Morgan fingerprint density at radius 1 is 1.20 bits per heavy atom. The maximum Gasteiger partial charge on any atom is 0.357 e. The predicted molar refractivity (Wildman–Crippen MR) is 153 cm³/mol. The topological polar surface area (TPSA) is 160 Å². The number of aliphatic hydroxyl groups is 1. The maximum atomic E-state index is 13.6. The van der Waals surface area contributed by atoms with Crippen molar-refractivity contribution in [2.45, 2.75) is 26.0 Å². The number of carbonyl (C=O) groups excluding carboxylic acids is 2. The van der Waals surface area contributed by atoms with E-state index in [0.717, 1.165) is 12.8 Å². The first-order valence-electron chi connectivity index (χ1n) is 13.0. The SMILES string of the molecule is C=Cc1cc(C(=O)Nc2ccc(C(=N)N)cc2)c(-c2ccc(C(O)NCC3CC3)nc2C(=O)OCC)cc1OC. The zero-order chi connectivity index (χ0) is 28.8. The molecule has 0 saturated heterocycles. The summed E-state index contributed by atoms with van der Waals surface area (Å²) >= 11 is 0. The molecule has 208 valence electrons. The van der Waals surface area contributed by atoms with E-state index in [2.05, 4.69) is 22.2 Å². The fraction of sp³-hybridized carbons (Fsp3) is 0.267. The Morgan fingerprint density at radius 2 is 1.93 bits per heavy atom. The van der Waals surface area contributed by atoms with Crippen molar-refractivity contribution in [3.8, 4) is 16.9 Å². The molecule has 1 aliphatic rings. The molecule has 1 aliphatic carbocycles. The second-order valence-corrected chi connectivity index (χ2v) is 9.40. The second-order valence-electron chi connectivity index (χ2n) is 9.40. The molecule has 0 spiro atoms. The molecule has 0 radical (unpaired) electrons. The van der Waals surface area contributed by atoms with E-state index in [-0.39, 0.29) is 29.4 Å². The van der Waals surface area contributed by atoms with Crippen LogP contribution in [0.5, 0.6) is 5.75 Å². The number of nitrogen functional groups attached to an aromatic ring is 1. The molecule has 3 aromatic rings. The van der Waals surface area contributed by atoms with Crippen molar-refractivity contribution in [3.63, 3.8) is 0 Å². The molecule has 1 saturated carbocycles. The number of rotatable bonds is 12. The molecule has 2 aromatic carbocycles. The summed E-state index contributed by atoms with van der Waals surface area (Å²) in [5.41, 5.74) is 8.29. The first-order valence-corrected chi connectivity index (χ1v) is 13.0. The Hall–Kier alpha value is -4.54. The summed E-state index contributed by atoms with van der Waals surface area (Å²) in [5.74, 6) is -0.249. The minimum Gasteiger partial charge on any atom is -0.496 e. The summed E-state index contributed by atoms with van der Waals surface area (Å²) in [6.45, 7) is 6.28. The number of esters is 1. The number of aliphatic hydroxyl groups excluding tert-OH is 1. The van der Waals surface area contributed by atoms with Crippen LogP contribution in [0.2, 0.25) is 0 Å². The van der Waals surface area contributed by atoms with Crippen molar-refractivity contribution >= 4 is 29.5 Å². The summed E-state index contributed by atoms with van der Waals surface area (Å²) in [6.07, 6.45) is 2.74. The number of hydrogen-bond acceptors (Lipinski definition) is 8. The highest BCUT2D eigenvalue weighted by Crippen LogP contribution is 2.35. The minimum atomic E-state index is -1.07. The van der Waals surface area contributed by atoms with Crippen LogP contribution in [0.25, 0.3) is 17.2 Å². The van der Waals surface area contributed by atoms with Gasteiger partial charge in [0.25, 0.3) is 5.91 Å². The van der Waals surface area contributed by atoms with Gasteiger partial charge in [-0.15, -0.1) is 0 Å². The number of amides is 1. The van der Waals surface area contributed by atoms with Crippen LogP contribution >= 0.6 is 0 Å². The van der Waals surface area contributed by atoms with Gasteiger partial charge in [-0.3, -0.25) is 15.5 Å². The Balaban J connectivity index is 1.78. The Morgan fingerprint density at radius 3 is 2.52 bits per heavy atom. The molecule has 1 atom stereocenters. The lowest BCUT2D eigenvalue weighted by atomic mass is 9.94. The quantitative estimate of drug-likeness (QED) is 0.0988. The van der Waals surface area contributed by atoms with Crippen LogP contribution in [0.15, 0.2) is 55.1 Å². The van der Waals surface area contributed by atoms with E-state index in [9.17, 15) is 14.7 Å². The Labute approximate surface area is 232 Å². The Kier molecular flexibility index (Phi) is 8.93. The standard InChI is InChI=1S/C30H33N5O5/c1-4-18-14-23(28(36)34-20-10-8-19(9-11-20)27(31)32)22(15-25(18)39-3)21-12-13-24(29(37)33-16-17-6-7-17)35-26(21)30(38)40-5-2/h4,8-15,17,29,33,37H,1,5-7,16H2,2-3H3,(H3,31,32)(H,34,36). The molecule has 4 rings (SSSR count). The van der Waals surface area contributed by atoms with Gasteiger partial charge in [0.2, 0.25) is 0 Å². The number of methoxy groups -OCH3 is 1. The lowest BCUT2D eigenvalue weighted by Crippen LogP contribution is -2.25. The van der Waals surface area contributed by atoms with E-state index in [1.807, 2.05) is 0 Å². The highest BCUT2D eigenvalue weighted by molar-refractivity contribution is 6.11. The van der Waals surface area contributed by atoms with E-state index in [1.54, 1.807) is 61.5 Å². The van der Waals surface area contributed by atoms with Crippen LogP contribution in [0.4, 0.5) is 5.69 Å². The maximum absolute atomic E-state index is 13.6. The van der Waals surface area contributed by atoms with E-state index in [4.69, 9.17) is 20.6 Å². The number of nitrogens with one attached hydrogen (secondary N) is 3. The molecule has 40 heavy (non-hydrogen) atoms. The first-order chi connectivity index (χ1) is 19.2. The molecule has 0 bridgehead atoms. The number of hydrogen-bond donors (Lipinski definition) is 5. The van der Waals surface area contributed by atoms with Gasteiger partial charge in [0.1, 0.15) is 17.8 Å². The molecule has 1 fully saturated rings. The summed E-state index contributed by atoms with van der Waals surface area (Å²) < 4.78 is 10.8. The van der Waals surface area contributed by atoms with Crippen LogP contribution in [-0.4, -0.2) is 48.1 Å². The van der Waals surface area contributed by atoms with Crippen molar-refractivity contribution in [1.82, 2.24) is 10.3 Å². The average molecular weight is 544 g/mol. The number of nitrogens with two attached hydrogens (primary N) is 1.